The molecule has 0 N–H and O–H groups in total. The molecule has 0 spiro atoms. The van der Waals surface area contributed by atoms with Gasteiger partial charge in [0.05, 0.1) is 0 Å². The molecule has 0 aliphatic heterocycles. The van der Waals surface area contributed by atoms with Gasteiger partial charge in [-0.3, -0.25) is 0 Å². The summed E-state index contributed by atoms with van der Waals surface area (Å²) in [4.78, 5) is 0. The molecule has 0 saturated heterocycles. The Labute approximate surface area is 51.7 Å². The molecule has 0 aromatic rings. The van der Waals surface area contributed by atoms with Crippen LogP contribution in [0, 0.1) is 0 Å². The smallest absolute Gasteiger partial charge is 0 e. The summed E-state index contributed by atoms with van der Waals surface area (Å²) < 4.78 is 0. The van der Waals surface area contributed by atoms with Crippen LogP contribution >= 0.6 is 0 Å². The molecule has 0 radical (unpaired) electrons. The SMILES string of the molecule is [BH2][Cr]([CH3])[SiH3].[Fe]. The van der Waals surface area contributed by atoms with Crippen molar-refractivity contribution in [2.75, 3.05) is 0 Å². The van der Waals surface area contributed by atoms with E-state index in [0.717, 1.165) is 0 Å². The molecular weight excluding hydrogens is 159 g/mol. The first kappa shape index (κ1) is 9.59. The van der Waals surface area contributed by atoms with Gasteiger partial charge in [-0.1, -0.05) is 0 Å². The standard InChI is InChI=1S/CH3.BH2.Cr.Fe.H3Si/h1H3;1H2;;;1H3/q;+1;-1;;. The maximum Gasteiger partial charge on any atom is 0 e. The zero-order valence-electron chi connectivity index (χ0n) is 3.76. The Morgan fingerprint density at radius 3 is 1.80 bits per heavy atom. The molecule has 0 saturated carbocycles. The Morgan fingerprint density at radius 1 is 1.80 bits per heavy atom. The molecule has 0 heterocycles. The Balaban J connectivity index is 0. The molecule has 0 rings (SSSR count). The van der Waals surface area contributed by atoms with Crippen molar-refractivity contribution in [1.29, 1.82) is 0 Å². The maximum atomic E-state index is 2.35. The van der Waals surface area contributed by atoms with Crippen molar-refractivity contribution < 1.29 is 30.4 Å². The van der Waals surface area contributed by atoms with E-state index in [9.17, 15) is 0 Å². The van der Waals surface area contributed by atoms with E-state index in [2.05, 4.69) is 12.4 Å². The zero-order chi connectivity index (χ0) is 3.58. The molecule has 4 heteroatoms. The van der Waals surface area contributed by atoms with Crippen LogP contribution < -0.4 is 0 Å². The molecule has 0 fully saturated rings. The number of hydrogen-bond acceptors (Lipinski definition) is 0. The molecule has 33 valence electrons. The summed E-state index contributed by atoms with van der Waals surface area (Å²) in [5, 5.41) is 0. The minimum Gasteiger partial charge on any atom is 0 e. The quantitative estimate of drug-likeness (QED) is 0.384. The Kier molecular flexibility index (Phi) is 10.2. The first-order valence-corrected chi connectivity index (χ1v) is 8.42. The normalized spacial score (nSPS) is 7.60. The molecule has 0 amide bonds. The number of rotatable bonds is 0. The van der Waals surface area contributed by atoms with Gasteiger partial charge in [0.2, 0.25) is 0 Å². The summed E-state index contributed by atoms with van der Waals surface area (Å²) in [5.74, 6) is 2.35. The molecule has 0 bridgehead atoms. The predicted molar refractivity (Wildman–Crippen MR) is 24.3 cm³/mol. The third-order valence-corrected chi connectivity index (χ3v) is 0. The van der Waals surface area contributed by atoms with E-state index in [-0.39, 0.29) is 30.4 Å². The van der Waals surface area contributed by atoms with Crippen LogP contribution in [0.25, 0.3) is 0 Å². The van der Waals surface area contributed by atoms with Crippen LogP contribution in [0.4, 0.5) is 0 Å². The van der Waals surface area contributed by atoms with Gasteiger partial charge in [-0.25, -0.2) is 0 Å². The van der Waals surface area contributed by atoms with Crippen LogP contribution in [-0.2, 0) is 30.4 Å². The predicted octanol–water partition coefficient (Wildman–Crippen LogP) is -1.52. The Bertz CT molecular complexity index is 16.4. The Morgan fingerprint density at radius 2 is 1.80 bits per heavy atom. The minimum absolute atomic E-state index is 0. The maximum absolute atomic E-state index is 2.35. The monoisotopic (exact) mass is 167 g/mol. The van der Waals surface area contributed by atoms with Gasteiger partial charge in [-0.05, 0) is 0 Å². The average Bonchev–Trinajstić information content (AvgIpc) is 0.811. The fraction of sp³-hybridized carbons (Fsp3) is 1.00. The van der Waals surface area contributed by atoms with Gasteiger partial charge in [0.1, 0.15) is 0 Å². The van der Waals surface area contributed by atoms with E-state index in [4.69, 9.17) is 0 Å². The molecular formula is CH8BCrFeSi. The molecule has 5 heavy (non-hydrogen) atoms. The van der Waals surface area contributed by atoms with Gasteiger partial charge in [0.15, 0.2) is 0 Å². The van der Waals surface area contributed by atoms with Crippen molar-refractivity contribution >= 4 is 15.4 Å². The van der Waals surface area contributed by atoms with Gasteiger partial charge in [0, 0.05) is 17.1 Å². The van der Waals surface area contributed by atoms with E-state index in [0.29, 0.717) is 0 Å². The van der Waals surface area contributed by atoms with Crippen LogP contribution in [0.15, 0.2) is 0 Å². The van der Waals surface area contributed by atoms with Crippen LogP contribution in [0.3, 0.4) is 0 Å². The zero-order valence-corrected chi connectivity index (χ0v) is 8.14. The van der Waals surface area contributed by atoms with Crippen molar-refractivity contribution in [2.24, 2.45) is 0 Å². The van der Waals surface area contributed by atoms with Crippen LogP contribution in [0.2, 0.25) is 5.79 Å². The largest absolute Gasteiger partial charge is 0 e. The molecule has 0 nitrogen and oxygen atoms in total. The van der Waals surface area contributed by atoms with E-state index >= 15 is 0 Å². The van der Waals surface area contributed by atoms with E-state index < -0.39 is 0 Å². The summed E-state index contributed by atoms with van der Waals surface area (Å²) in [6.07, 6.45) is 0. The first-order chi connectivity index (χ1) is 1.73. The Hall–Kier alpha value is 1.33. The van der Waals surface area contributed by atoms with Gasteiger partial charge in [0.25, 0.3) is 0 Å². The van der Waals surface area contributed by atoms with E-state index in [1.807, 2.05) is 0 Å². The summed E-state index contributed by atoms with van der Waals surface area (Å²) >= 11 is 0.0972. The molecule has 0 atom stereocenters. The van der Waals surface area contributed by atoms with Crippen LogP contribution in [0.5, 0.6) is 0 Å². The van der Waals surface area contributed by atoms with Gasteiger partial charge < -0.3 is 0 Å². The number of hydrogen-bond donors (Lipinski definition) is 0. The van der Waals surface area contributed by atoms with E-state index in [1.54, 1.807) is 0 Å². The molecule has 0 aromatic carbocycles. The second kappa shape index (κ2) is 5.33. The fourth-order valence-corrected chi connectivity index (χ4v) is 0. The van der Waals surface area contributed by atoms with Gasteiger partial charge >= 0.3 is 34.5 Å². The summed E-state index contributed by atoms with van der Waals surface area (Å²) in [7, 11) is 1.47. The van der Waals surface area contributed by atoms with Gasteiger partial charge in [-0.2, -0.15) is 0 Å². The van der Waals surface area contributed by atoms with Crippen molar-refractivity contribution in [3.63, 3.8) is 0 Å². The third-order valence-electron chi connectivity index (χ3n) is 0. The second-order valence-electron chi connectivity index (χ2n) is 1.22. The molecule has 0 aliphatic rings. The van der Waals surface area contributed by atoms with Crippen molar-refractivity contribution in [3.8, 4) is 0 Å². The average molecular weight is 167 g/mol. The van der Waals surface area contributed by atoms with Gasteiger partial charge in [-0.15, -0.1) is 0 Å². The summed E-state index contributed by atoms with van der Waals surface area (Å²) in [6.45, 7) is 2.35. The fourth-order valence-electron chi connectivity index (χ4n) is 0. The first-order valence-electron chi connectivity index (χ1n) is 1.22. The molecule has 0 unspecified atom stereocenters. The minimum atomic E-state index is 0. The van der Waals surface area contributed by atoms with E-state index in [1.165, 1.54) is 8.80 Å². The van der Waals surface area contributed by atoms with Crippen molar-refractivity contribution in [1.82, 2.24) is 0 Å². The van der Waals surface area contributed by atoms with Crippen LogP contribution in [0.1, 0.15) is 0 Å². The van der Waals surface area contributed by atoms with Crippen LogP contribution in [-0.4, -0.2) is 15.4 Å². The second-order valence-corrected chi connectivity index (χ2v) is 11.8. The van der Waals surface area contributed by atoms with Crippen molar-refractivity contribution in [2.45, 2.75) is 5.79 Å². The molecule has 0 aliphatic carbocycles. The topological polar surface area (TPSA) is 0 Å². The summed E-state index contributed by atoms with van der Waals surface area (Å²) in [6, 6.07) is 0. The van der Waals surface area contributed by atoms with Crippen molar-refractivity contribution in [3.05, 3.63) is 0 Å². The summed E-state index contributed by atoms with van der Waals surface area (Å²) in [5.41, 5.74) is 0. The third kappa shape index (κ3) is 33.3. The molecule has 0 aromatic heterocycles.